The van der Waals surface area contributed by atoms with Gasteiger partial charge in [-0.1, -0.05) is 25.5 Å². The van der Waals surface area contributed by atoms with Crippen LogP contribution < -0.4 is 0 Å². The third-order valence-electron chi connectivity index (χ3n) is 1.92. The maximum Gasteiger partial charge on any atom is 0.0470 e. The van der Waals surface area contributed by atoms with Crippen LogP contribution in [0, 0.1) is 5.41 Å². The van der Waals surface area contributed by atoms with Crippen LogP contribution in [-0.4, -0.2) is 13.3 Å². The second kappa shape index (κ2) is 4.32. The average molecular weight is 153 g/mol. The molecule has 0 aliphatic rings. The predicted octanol–water partition coefficient (Wildman–Crippen LogP) is 3.07. The van der Waals surface area contributed by atoms with E-state index in [-0.39, 0.29) is 5.41 Å². The highest BCUT2D eigenvalue weighted by molar-refractivity contribution is 5.24. The number of aliphatic imine (C=N–C) groups is 1. The van der Waals surface area contributed by atoms with Crippen LogP contribution >= 0.6 is 0 Å². The summed E-state index contributed by atoms with van der Waals surface area (Å²) >= 11 is 0. The lowest BCUT2D eigenvalue weighted by atomic mass is 9.86. The molecule has 0 saturated carbocycles. The SMILES string of the molecule is C=NCC(C)(C=C(C)C)CC. The van der Waals surface area contributed by atoms with Gasteiger partial charge in [0.1, 0.15) is 0 Å². The highest BCUT2D eigenvalue weighted by Gasteiger charge is 2.17. The van der Waals surface area contributed by atoms with Crippen LogP contribution in [0.4, 0.5) is 0 Å². The second-order valence-corrected chi connectivity index (χ2v) is 3.61. The molecular formula is C10H19N. The van der Waals surface area contributed by atoms with Gasteiger partial charge in [0.15, 0.2) is 0 Å². The Balaban J connectivity index is 4.32. The number of hydrogen-bond donors (Lipinski definition) is 0. The van der Waals surface area contributed by atoms with E-state index in [4.69, 9.17) is 0 Å². The molecule has 0 saturated heterocycles. The number of allylic oxidation sites excluding steroid dienone is 1. The molecule has 0 aliphatic carbocycles. The van der Waals surface area contributed by atoms with Crippen molar-refractivity contribution in [2.75, 3.05) is 6.54 Å². The lowest BCUT2D eigenvalue weighted by molar-refractivity contribution is 0.424. The van der Waals surface area contributed by atoms with Gasteiger partial charge >= 0.3 is 0 Å². The second-order valence-electron chi connectivity index (χ2n) is 3.61. The minimum atomic E-state index is 0.223. The van der Waals surface area contributed by atoms with Crippen molar-refractivity contribution in [1.82, 2.24) is 0 Å². The first-order valence-electron chi connectivity index (χ1n) is 4.12. The smallest absolute Gasteiger partial charge is 0.0470 e. The highest BCUT2D eigenvalue weighted by atomic mass is 14.7. The Hall–Kier alpha value is -0.590. The first-order valence-corrected chi connectivity index (χ1v) is 4.12. The molecule has 0 bridgehead atoms. The summed E-state index contributed by atoms with van der Waals surface area (Å²) in [5.74, 6) is 0. The van der Waals surface area contributed by atoms with Gasteiger partial charge in [-0.05, 0) is 27.0 Å². The van der Waals surface area contributed by atoms with Crippen LogP contribution in [0.2, 0.25) is 0 Å². The molecule has 1 atom stereocenters. The summed E-state index contributed by atoms with van der Waals surface area (Å²) in [6.07, 6.45) is 3.40. The van der Waals surface area contributed by atoms with Gasteiger partial charge in [0.2, 0.25) is 0 Å². The maximum absolute atomic E-state index is 3.94. The van der Waals surface area contributed by atoms with E-state index in [9.17, 15) is 0 Å². The van der Waals surface area contributed by atoms with Crippen molar-refractivity contribution < 1.29 is 0 Å². The highest BCUT2D eigenvalue weighted by Crippen LogP contribution is 2.24. The Morgan fingerprint density at radius 3 is 2.36 bits per heavy atom. The lowest BCUT2D eigenvalue weighted by Gasteiger charge is -2.22. The van der Waals surface area contributed by atoms with E-state index in [2.05, 4.69) is 45.5 Å². The van der Waals surface area contributed by atoms with Gasteiger partial charge in [-0.15, -0.1) is 0 Å². The molecule has 1 nitrogen and oxygen atoms in total. The van der Waals surface area contributed by atoms with E-state index in [0.29, 0.717) is 0 Å². The zero-order valence-corrected chi connectivity index (χ0v) is 8.15. The van der Waals surface area contributed by atoms with Crippen LogP contribution in [0.15, 0.2) is 16.6 Å². The fraction of sp³-hybridized carbons (Fsp3) is 0.700. The van der Waals surface area contributed by atoms with Crippen LogP contribution in [-0.2, 0) is 0 Å². The maximum atomic E-state index is 3.94. The van der Waals surface area contributed by atoms with Crippen molar-refractivity contribution in [3.8, 4) is 0 Å². The fourth-order valence-corrected chi connectivity index (χ4v) is 1.21. The van der Waals surface area contributed by atoms with E-state index in [1.807, 2.05) is 0 Å². The molecule has 0 aromatic heterocycles. The summed E-state index contributed by atoms with van der Waals surface area (Å²) in [7, 11) is 0. The third-order valence-corrected chi connectivity index (χ3v) is 1.92. The van der Waals surface area contributed by atoms with Gasteiger partial charge in [0.25, 0.3) is 0 Å². The molecule has 0 aromatic carbocycles. The van der Waals surface area contributed by atoms with Crippen LogP contribution in [0.25, 0.3) is 0 Å². The van der Waals surface area contributed by atoms with Crippen LogP contribution in [0.3, 0.4) is 0 Å². The normalized spacial score (nSPS) is 15.3. The molecule has 0 rings (SSSR count). The molecule has 64 valence electrons. The number of rotatable bonds is 4. The predicted molar refractivity (Wildman–Crippen MR) is 52.2 cm³/mol. The minimum Gasteiger partial charge on any atom is -0.300 e. The van der Waals surface area contributed by atoms with Crippen molar-refractivity contribution in [2.24, 2.45) is 10.4 Å². The monoisotopic (exact) mass is 153 g/mol. The molecule has 0 aromatic rings. The largest absolute Gasteiger partial charge is 0.300 e. The summed E-state index contributed by atoms with van der Waals surface area (Å²) in [4.78, 5) is 3.94. The van der Waals surface area contributed by atoms with E-state index >= 15 is 0 Å². The Morgan fingerprint density at radius 1 is 1.55 bits per heavy atom. The Bertz CT molecular complexity index is 154. The van der Waals surface area contributed by atoms with E-state index in [0.717, 1.165) is 13.0 Å². The zero-order chi connectivity index (χ0) is 8.91. The molecule has 1 heteroatoms. The summed E-state index contributed by atoms with van der Waals surface area (Å²) in [6.45, 7) is 13.0. The van der Waals surface area contributed by atoms with Crippen molar-refractivity contribution in [3.63, 3.8) is 0 Å². The molecule has 0 heterocycles. The number of hydrogen-bond acceptors (Lipinski definition) is 1. The molecule has 0 aliphatic heterocycles. The minimum absolute atomic E-state index is 0.223. The first-order chi connectivity index (χ1) is 5.04. The van der Waals surface area contributed by atoms with Gasteiger partial charge in [0, 0.05) is 12.0 Å². The summed E-state index contributed by atoms with van der Waals surface area (Å²) in [6, 6.07) is 0. The topological polar surface area (TPSA) is 12.4 Å². The third kappa shape index (κ3) is 3.97. The molecule has 11 heavy (non-hydrogen) atoms. The van der Waals surface area contributed by atoms with Gasteiger partial charge < -0.3 is 4.99 Å². The van der Waals surface area contributed by atoms with Crippen LogP contribution in [0.1, 0.15) is 34.1 Å². The summed E-state index contributed by atoms with van der Waals surface area (Å²) in [5.41, 5.74) is 1.58. The van der Waals surface area contributed by atoms with E-state index in [1.54, 1.807) is 0 Å². The Kier molecular flexibility index (Phi) is 4.09. The lowest BCUT2D eigenvalue weighted by Crippen LogP contribution is -2.16. The average Bonchev–Trinajstić information content (AvgIpc) is 1.87. The Labute approximate surface area is 70.2 Å². The molecule has 0 amide bonds. The van der Waals surface area contributed by atoms with E-state index < -0.39 is 0 Å². The van der Waals surface area contributed by atoms with Gasteiger partial charge in [-0.2, -0.15) is 0 Å². The fourth-order valence-electron chi connectivity index (χ4n) is 1.21. The molecule has 0 spiro atoms. The van der Waals surface area contributed by atoms with Crippen molar-refractivity contribution in [1.29, 1.82) is 0 Å². The van der Waals surface area contributed by atoms with Gasteiger partial charge in [-0.3, -0.25) is 0 Å². The number of nitrogens with zero attached hydrogens (tertiary/aromatic N) is 1. The van der Waals surface area contributed by atoms with Crippen LogP contribution in [0.5, 0.6) is 0 Å². The van der Waals surface area contributed by atoms with Crippen molar-refractivity contribution in [2.45, 2.75) is 34.1 Å². The Morgan fingerprint density at radius 2 is 2.09 bits per heavy atom. The summed E-state index contributed by atoms with van der Waals surface area (Å²) in [5, 5.41) is 0. The van der Waals surface area contributed by atoms with E-state index in [1.165, 1.54) is 5.57 Å². The summed E-state index contributed by atoms with van der Waals surface area (Å²) < 4.78 is 0. The van der Waals surface area contributed by atoms with Gasteiger partial charge in [0.05, 0.1) is 0 Å². The van der Waals surface area contributed by atoms with Crippen molar-refractivity contribution in [3.05, 3.63) is 11.6 Å². The zero-order valence-electron chi connectivity index (χ0n) is 8.15. The molecule has 0 fully saturated rings. The molecular weight excluding hydrogens is 134 g/mol. The van der Waals surface area contributed by atoms with Gasteiger partial charge in [-0.25, -0.2) is 0 Å². The van der Waals surface area contributed by atoms with Crippen molar-refractivity contribution >= 4 is 6.72 Å². The quantitative estimate of drug-likeness (QED) is 0.435. The molecule has 0 N–H and O–H groups in total. The molecule has 1 unspecified atom stereocenters. The molecule has 0 radical (unpaired) electrons. The standard InChI is InChI=1S/C10H19N/c1-6-10(4,8-11-5)7-9(2)3/h7H,5-6,8H2,1-4H3. The first kappa shape index (κ1) is 10.4.